The summed E-state index contributed by atoms with van der Waals surface area (Å²) >= 11 is 0. The maximum absolute atomic E-state index is 13.2. The van der Waals surface area contributed by atoms with Crippen molar-refractivity contribution in [3.05, 3.63) is 53.2 Å². The highest BCUT2D eigenvalue weighted by Crippen LogP contribution is 2.32. The quantitative estimate of drug-likeness (QED) is 0.479. The molecule has 152 valence electrons. The van der Waals surface area contributed by atoms with Crippen molar-refractivity contribution >= 4 is 23.0 Å². The maximum Gasteiger partial charge on any atom is 0.416 e. The Labute approximate surface area is 160 Å². The van der Waals surface area contributed by atoms with Gasteiger partial charge in [-0.25, -0.2) is 9.78 Å². The van der Waals surface area contributed by atoms with Crippen molar-refractivity contribution in [1.29, 1.82) is 0 Å². The van der Waals surface area contributed by atoms with Crippen LogP contribution in [0.25, 0.3) is 11.2 Å². The van der Waals surface area contributed by atoms with Crippen molar-refractivity contribution in [3.8, 4) is 0 Å². The fraction of sp³-hybridized carbons (Fsp3) is 0.235. The molecule has 3 aromatic rings. The first kappa shape index (κ1) is 20.2. The van der Waals surface area contributed by atoms with Crippen molar-refractivity contribution in [3.63, 3.8) is 0 Å². The lowest BCUT2D eigenvalue weighted by atomic mass is 9.96. The molecular weight excluding hydrogens is 395 g/mol. The average Bonchev–Trinajstić information content (AvgIpc) is 3.14. The van der Waals surface area contributed by atoms with Crippen LogP contribution in [0.5, 0.6) is 0 Å². The topological polar surface area (TPSA) is 141 Å². The van der Waals surface area contributed by atoms with Crippen LogP contribution in [0.15, 0.2) is 36.5 Å². The predicted octanol–water partition coefficient (Wildman–Crippen LogP) is 1.16. The second kappa shape index (κ2) is 7.83. The Morgan fingerprint density at radius 2 is 1.93 bits per heavy atom. The number of aromatic nitrogens is 4. The third-order valence-electron chi connectivity index (χ3n) is 4.15. The molecule has 2 heterocycles. The molecule has 0 aliphatic carbocycles. The number of rotatable bonds is 6. The van der Waals surface area contributed by atoms with Gasteiger partial charge in [0.1, 0.15) is 5.52 Å². The lowest BCUT2D eigenvalue weighted by molar-refractivity contribution is -0.148. The molecular formula is C17H14F3N5O4. The van der Waals surface area contributed by atoms with Crippen molar-refractivity contribution in [2.75, 3.05) is 0 Å². The van der Waals surface area contributed by atoms with Gasteiger partial charge in [0.05, 0.1) is 17.2 Å². The fourth-order valence-electron chi connectivity index (χ4n) is 2.74. The van der Waals surface area contributed by atoms with Crippen molar-refractivity contribution in [2.45, 2.75) is 24.7 Å². The number of aromatic amines is 1. The number of nitrogens with zero attached hydrogens (tertiary/aromatic N) is 3. The first-order valence-electron chi connectivity index (χ1n) is 8.20. The number of fused-ring (bicyclic) bond motifs is 1. The Hall–Kier alpha value is -3.54. The number of nitrogens with one attached hydrogen (secondary N) is 2. The molecule has 0 aliphatic heterocycles. The zero-order chi connectivity index (χ0) is 21.2. The SMILES string of the molecule is O=C(NC(Cc1ccccc1C(F)(F)F)C(O)C(=O)O)c1cnc2n[nH]nc2c1. The highest BCUT2D eigenvalue weighted by molar-refractivity contribution is 5.96. The van der Waals surface area contributed by atoms with Gasteiger partial charge in [-0.1, -0.05) is 18.2 Å². The van der Waals surface area contributed by atoms with Gasteiger partial charge < -0.3 is 15.5 Å². The zero-order valence-electron chi connectivity index (χ0n) is 14.5. The fourth-order valence-corrected chi connectivity index (χ4v) is 2.74. The van der Waals surface area contributed by atoms with Gasteiger partial charge in [-0.15, -0.1) is 5.10 Å². The van der Waals surface area contributed by atoms with Gasteiger partial charge in [0.2, 0.25) is 5.65 Å². The second-order valence-electron chi connectivity index (χ2n) is 6.11. The van der Waals surface area contributed by atoms with Crippen LogP contribution in [-0.2, 0) is 17.4 Å². The van der Waals surface area contributed by atoms with E-state index in [1.165, 1.54) is 18.2 Å². The monoisotopic (exact) mass is 409 g/mol. The number of carbonyl (C=O) groups excluding carboxylic acids is 1. The molecule has 29 heavy (non-hydrogen) atoms. The molecule has 4 N–H and O–H groups in total. The summed E-state index contributed by atoms with van der Waals surface area (Å²) in [7, 11) is 0. The van der Waals surface area contributed by atoms with E-state index in [-0.39, 0.29) is 22.3 Å². The zero-order valence-corrected chi connectivity index (χ0v) is 14.5. The Morgan fingerprint density at radius 1 is 1.21 bits per heavy atom. The van der Waals surface area contributed by atoms with Crippen molar-refractivity contribution < 1.29 is 33.0 Å². The number of amides is 1. The second-order valence-corrected chi connectivity index (χ2v) is 6.11. The summed E-state index contributed by atoms with van der Waals surface area (Å²) < 4.78 is 39.6. The number of hydrogen-bond acceptors (Lipinski definition) is 6. The summed E-state index contributed by atoms with van der Waals surface area (Å²) in [6.45, 7) is 0. The van der Waals surface area contributed by atoms with Gasteiger partial charge in [0.25, 0.3) is 5.91 Å². The van der Waals surface area contributed by atoms with E-state index in [9.17, 15) is 27.9 Å². The van der Waals surface area contributed by atoms with E-state index >= 15 is 0 Å². The van der Waals surface area contributed by atoms with Crippen molar-refractivity contribution in [2.24, 2.45) is 0 Å². The number of carbonyl (C=O) groups is 2. The largest absolute Gasteiger partial charge is 0.479 e. The predicted molar refractivity (Wildman–Crippen MR) is 91.7 cm³/mol. The number of alkyl halides is 3. The minimum Gasteiger partial charge on any atom is -0.479 e. The number of halogens is 3. The minimum absolute atomic E-state index is 0.0295. The van der Waals surface area contributed by atoms with Crippen LogP contribution < -0.4 is 5.32 Å². The number of benzene rings is 1. The first-order valence-corrected chi connectivity index (χ1v) is 8.20. The van der Waals surface area contributed by atoms with E-state index in [4.69, 9.17) is 5.11 Å². The number of carboxylic acid groups (broad SMARTS) is 1. The molecule has 0 saturated heterocycles. The van der Waals surface area contributed by atoms with Crippen LogP contribution in [0.1, 0.15) is 21.5 Å². The van der Waals surface area contributed by atoms with E-state index < -0.39 is 42.2 Å². The molecule has 1 amide bonds. The molecule has 0 fully saturated rings. The van der Waals surface area contributed by atoms with E-state index in [0.29, 0.717) is 0 Å². The van der Waals surface area contributed by atoms with Crippen LogP contribution in [-0.4, -0.2) is 54.6 Å². The summed E-state index contributed by atoms with van der Waals surface area (Å²) in [5.74, 6) is -2.53. The molecule has 0 saturated carbocycles. The molecule has 0 radical (unpaired) electrons. The molecule has 0 aliphatic rings. The van der Waals surface area contributed by atoms with Gasteiger partial charge >= 0.3 is 12.1 Å². The summed E-state index contributed by atoms with van der Waals surface area (Å²) in [5, 5.41) is 31.1. The summed E-state index contributed by atoms with van der Waals surface area (Å²) in [6.07, 6.45) is -6.23. The number of carboxylic acids is 1. The number of aliphatic hydroxyl groups is 1. The molecule has 0 bridgehead atoms. The van der Waals surface area contributed by atoms with Crippen molar-refractivity contribution in [1.82, 2.24) is 25.7 Å². The lowest BCUT2D eigenvalue weighted by Gasteiger charge is -2.23. The van der Waals surface area contributed by atoms with Gasteiger partial charge in [0.15, 0.2) is 6.10 Å². The molecule has 12 heteroatoms. The number of hydrogen-bond donors (Lipinski definition) is 4. The third-order valence-corrected chi connectivity index (χ3v) is 4.15. The first-order chi connectivity index (χ1) is 13.7. The standard InChI is InChI=1S/C17H14F3N5O4/c18-17(19,20)10-4-2-1-3-8(10)5-11(13(26)16(28)29)22-15(27)9-6-12-14(21-7-9)24-25-23-12/h1-4,6-7,11,13,26H,5H2,(H,22,27)(H,28,29)(H,21,23,24,25). The van der Waals surface area contributed by atoms with Gasteiger partial charge in [0, 0.05) is 6.20 Å². The molecule has 2 atom stereocenters. The van der Waals surface area contributed by atoms with Crippen LogP contribution in [0, 0.1) is 0 Å². The van der Waals surface area contributed by atoms with E-state index in [2.05, 4.69) is 25.7 Å². The van der Waals surface area contributed by atoms with Crippen LogP contribution >= 0.6 is 0 Å². The molecule has 3 rings (SSSR count). The molecule has 2 aromatic heterocycles. The number of aliphatic hydroxyl groups excluding tert-OH is 1. The Morgan fingerprint density at radius 3 is 2.62 bits per heavy atom. The highest BCUT2D eigenvalue weighted by Gasteiger charge is 2.35. The smallest absolute Gasteiger partial charge is 0.416 e. The Kier molecular flexibility index (Phi) is 5.46. The summed E-state index contributed by atoms with van der Waals surface area (Å²) in [5.41, 5.74) is -0.783. The van der Waals surface area contributed by atoms with Gasteiger partial charge in [-0.05, 0) is 24.1 Å². The number of pyridine rings is 1. The minimum atomic E-state index is -4.68. The molecule has 0 spiro atoms. The van der Waals surface area contributed by atoms with Gasteiger partial charge in [-0.3, -0.25) is 4.79 Å². The maximum atomic E-state index is 13.2. The number of H-pyrrole nitrogens is 1. The summed E-state index contributed by atoms with van der Waals surface area (Å²) in [4.78, 5) is 27.6. The van der Waals surface area contributed by atoms with Gasteiger partial charge in [-0.2, -0.15) is 23.5 Å². The van der Waals surface area contributed by atoms with E-state index in [1.54, 1.807) is 0 Å². The average molecular weight is 409 g/mol. The molecule has 1 aromatic carbocycles. The molecule has 2 unspecified atom stereocenters. The normalized spacial score (nSPS) is 13.8. The molecule has 9 nitrogen and oxygen atoms in total. The number of aliphatic carboxylic acids is 1. The lowest BCUT2D eigenvalue weighted by Crippen LogP contribution is -2.48. The van der Waals surface area contributed by atoms with Crippen LogP contribution in [0.2, 0.25) is 0 Å². The van der Waals surface area contributed by atoms with E-state index in [1.807, 2.05) is 0 Å². The van der Waals surface area contributed by atoms with E-state index in [0.717, 1.165) is 18.3 Å². The van der Waals surface area contributed by atoms with Crippen LogP contribution in [0.3, 0.4) is 0 Å². The van der Waals surface area contributed by atoms with Crippen LogP contribution in [0.4, 0.5) is 13.2 Å². The Bertz CT molecular complexity index is 1050. The summed E-state index contributed by atoms with van der Waals surface area (Å²) in [6, 6.07) is 4.31. The Balaban J connectivity index is 1.88. The highest BCUT2D eigenvalue weighted by atomic mass is 19.4. The third kappa shape index (κ3) is 4.48.